The van der Waals surface area contributed by atoms with Gasteiger partial charge in [0.05, 0.1) is 12.8 Å². The zero-order chi connectivity index (χ0) is 25.7. The summed E-state index contributed by atoms with van der Waals surface area (Å²) in [5, 5.41) is 10.0. The molecule has 0 bridgehead atoms. The summed E-state index contributed by atoms with van der Waals surface area (Å²) in [6.45, 7) is 5.53. The molecule has 4 rings (SSSR count). The number of ether oxygens (including phenoxy) is 1. The first-order chi connectivity index (χ1) is 17.3. The smallest absolute Gasteiger partial charge is 0.273 e. The van der Waals surface area contributed by atoms with Crippen LogP contribution >= 0.6 is 0 Å². The highest BCUT2D eigenvalue weighted by molar-refractivity contribution is 6.10. The van der Waals surface area contributed by atoms with Crippen molar-refractivity contribution in [2.45, 2.75) is 20.8 Å². The highest BCUT2D eigenvalue weighted by Gasteiger charge is 2.19. The van der Waals surface area contributed by atoms with Crippen LogP contribution in [0.3, 0.4) is 0 Å². The zero-order valence-electron chi connectivity index (χ0n) is 20.4. The number of aromatic nitrogens is 4. The average Bonchev–Trinajstić information content (AvgIpc) is 3.23. The van der Waals surface area contributed by atoms with E-state index in [1.165, 1.54) is 4.68 Å². The molecule has 0 aliphatic carbocycles. The molecule has 0 atom stereocenters. The number of anilines is 1. The number of carbonyl (C=O) groups excluding carboxylic acids is 2. The van der Waals surface area contributed by atoms with Crippen molar-refractivity contribution in [2.75, 3.05) is 12.4 Å². The maximum atomic E-state index is 13.4. The largest absolute Gasteiger partial charge is 0.497 e. The Balaban J connectivity index is 1.67. The van der Waals surface area contributed by atoms with Crippen LogP contribution in [0.25, 0.3) is 12.0 Å². The van der Waals surface area contributed by atoms with Gasteiger partial charge in [-0.15, -0.1) is 0 Å². The van der Waals surface area contributed by atoms with Gasteiger partial charge in [0.1, 0.15) is 17.3 Å². The van der Waals surface area contributed by atoms with Crippen molar-refractivity contribution >= 4 is 23.7 Å². The number of aryl methyl sites for hydroxylation is 3. The van der Waals surface area contributed by atoms with Crippen LogP contribution in [0.1, 0.15) is 33.0 Å². The second-order valence-electron chi connectivity index (χ2n) is 8.14. The summed E-state index contributed by atoms with van der Waals surface area (Å²) in [6, 6.07) is 19.4. The van der Waals surface area contributed by atoms with Crippen molar-refractivity contribution in [3.63, 3.8) is 0 Å². The molecule has 4 aromatic rings. The number of nitrogens with one attached hydrogen (secondary N) is 2. The number of benzene rings is 2. The Labute approximate surface area is 208 Å². The van der Waals surface area contributed by atoms with Crippen LogP contribution in [0, 0.1) is 20.8 Å². The number of rotatable bonds is 7. The minimum absolute atomic E-state index is 0.0563. The van der Waals surface area contributed by atoms with Gasteiger partial charge in [0, 0.05) is 23.0 Å². The van der Waals surface area contributed by atoms with E-state index in [-0.39, 0.29) is 5.70 Å². The van der Waals surface area contributed by atoms with Crippen molar-refractivity contribution in [2.24, 2.45) is 0 Å². The molecule has 2 heterocycles. The maximum Gasteiger partial charge on any atom is 0.273 e. The Hall–Kier alpha value is -4.79. The third-order valence-corrected chi connectivity index (χ3v) is 5.19. The van der Waals surface area contributed by atoms with Gasteiger partial charge in [-0.05, 0) is 62.7 Å². The number of hydrogen-bond donors (Lipinski definition) is 2. The zero-order valence-corrected chi connectivity index (χ0v) is 20.4. The summed E-state index contributed by atoms with van der Waals surface area (Å²) < 4.78 is 6.68. The van der Waals surface area contributed by atoms with Gasteiger partial charge < -0.3 is 15.4 Å². The maximum absolute atomic E-state index is 13.4. The monoisotopic (exact) mass is 482 g/mol. The Morgan fingerprint density at radius 1 is 0.889 bits per heavy atom. The van der Waals surface area contributed by atoms with Gasteiger partial charge in [0.2, 0.25) is 0 Å². The molecule has 0 aliphatic heterocycles. The van der Waals surface area contributed by atoms with Crippen LogP contribution in [0.15, 0.2) is 72.4 Å². The van der Waals surface area contributed by atoms with Crippen LogP contribution in [0.2, 0.25) is 0 Å². The lowest BCUT2D eigenvalue weighted by Gasteiger charge is -2.12. The molecular weight excluding hydrogens is 456 g/mol. The first kappa shape index (κ1) is 24.3. The van der Waals surface area contributed by atoms with Crippen molar-refractivity contribution in [1.29, 1.82) is 0 Å². The molecule has 2 amide bonds. The second kappa shape index (κ2) is 10.6. The van der Waals surface area contributed by atoms with Gasteiger partial charge >= 0.3 is 0 Å². The van der Waals surface area contributed by atoms with E-state index in [0.29, 0.717) is 34.3 Å². The molecule has 0 unspecified atom stereocenters. The van der Waals surface area contributed by atoms with E-state index >= 15 is 0 Å². The molecule has 2 aromatic heterocycles. The molecule has 9 nitrogen and oxygen atoms in total. The average molecular weight is 483 g/mol. The molecule has 36 heavy (non-hydrogen) atoms. The topological polar surface area (TPSA) is 111 Å². The lowest BCUT2D eigenvalue weighted by Crippen LogP contribution is -2.31. The van der Waals surface area contributed by atoms with Crippen molar-refractivity contribution in [1.82, 2.24) is 25.1 Å². The van der Waals surface area contributed by atoms with Crippen molar-refractivity contribution in [3.8, 4) is 11.7 Å². The standard InChI is InChI=1S/C27H26N6O3/c1-17-14-18(2)29-27(28-17)33-24(15-19(3)32-33)31-26(35)23(16-20-10-12-22(36-4)13-11-20)30-25(34)21-8-6-5-7-9-21/h5-16H,1-4H3,(H,30,34)(H,31,35). The third-order valence-electron chi connectivity index (χ3n) is 5.19. The molecular formula is C27H26N6O3. The van der Waals surface area contributed by atoms with E-state index in [2.05, 4.69) is 25.7 Å². The van der Waals surface area contributed by atoms with Crippen LogP contribution in [0.5, 0.6) is 5.75 Å². The Bertz CT molecular complexity index is 1410. The molecule has 0 aliphatic rings. The normalized spacial score (nSPS) is 11.2. The summed E-state index contributed by atoms with van der Waals surface area (Å²) in [6.07, 6.45) is 1.59. The van der Waals surface area contributed by atoms with Crippen molar-refractivity contribution in [3.05, 3.63) is 101 Å². The Morgan fingerprint density at radius 2 is 1.56 bits per heavy atom. The molecule has 182 valence electrons. The van der Waals surface area contributed by atoms with Gasteiger partial charge in [-0.3, -0.25) is 9.59 Å². The molecule has 0 saturated heterocycles. The Morgan fingerprint density at radius 3 is 2.19 bits per heavy atom. The van der Waals surface area contributed by atoms with Gasteiger partial charge in [-0.2, -0.15) is 9.78 Å². The fourth-order valence-corrected chi connectivity index (χ4v) is 3.54. The second-order valence-corrected chi connectivity index (χ2v) is 8.14. The number of nitrogens with zero attached hydrogens (tertiary/aromatic N) is 4. The third kappa shape index (κ3) is 5.82. The van der Waals surface area contributed by atoms with Crippen LogP contribution in [0.4, 0.5) is 5.82 Å². The molecule has 0 saturated carbocycles. The molecule has 0 spiro atoms. The van der Waals surface area contributed by atoms with E-state index in [4.69, 9.17) is 4.74 Å². The summed E-state index contributed by atoms with van der Waals surface area (Å²) in [5.74, 6) is 0.453. The van der Waals surface area contributed by atoms with Crippen LogP contribution in [-0.2, 0) is 4.79 Å². The minimum atomic E-state index is -0.527. The predicted molar refractivity (Wildman–Crippen MR) is 137 cm³/mol. The van der Waals surface area contributed by atoms with Gasteiger partial charge in [0.15, 0.2) is 0 Å². The Kier molecular flexibility index (Phi) is 7.20. The van der Waals surface area contributed by atoms with Crippen molar-refractivity contribution < 1.29 is 14.3 Å². The molecule has 9 heteroatoms. The number of amides is 2. The first-order valence-corrected chi connectivity index (χ1v) is 11.2. The van der Waals surface area contributed by atoms with Gasteiger partial charge in [0.25, 0.3) is 17.8 Å². The predicted octanol–water partition coefficient (Wildman–Crippen LogP) is 4.01. The fraction of sp³-hybridized carbons (Fsp3) is 0.148. The molecule has 2 aromatic carbocycles. The van der Waals surface area contributed by atoms with E-state index < -0.39 is 11.8 Å². The number of methoxy groups -OCH3 is 1. The van der Waals surface area contributed by atoms with E-state index in [0.717, 1.165) is 11.4 Å². The lowest BCUT2D eigenvalue weighted by molar-refractivity contribution is -0.113. The highest BCUT2D eigenvalue weighted by atomic mass is 16.5. The van der Waals surface area contributed by atoms with Crippen LogP contribution < -0.4 is 15.4 Å². The molecule has 0 radical (unpaired) electrons. The van der Waals surface area contributed by atoms with Gasteiger partial charge in [-0.25, -0.2) is 9.97 Å². The quantitative estimate of drug-likeness (QED) is 0.385. The highest BCUT2D eigenvalue weighted by Crippen LogP contribution is 2.18. The summed E-state index contributed by atoms with van der Waals surface area (Å²) >= 11 is 0. The first-order valence-electron chi connectivity index (χ1n) is 11.2. The molecule has 2 N–H and O–H groups in total. The fourth-order valence-electron chi connectivity index (χ4n) is 3.54. The minimum Gasteiger partial charge on any atom is -0.497 e. The van der Waals surface area contributed by atoms with Crippen LogP contribution in [-0.4, -0.2) is 38.7 Å². The van der Waals surface area contributed by atoms with E-state index in [9.17, 15) is 9.59 Å². The van der Waals surface area contributed by atoms with Gasteiger partial charge in [-0.1, -0.05) is 30.3 Å². The number of carbonyl (C=O) groups is 2. The SMILES string of the molecule is COc1ccc(C=C(NC(=O)c2ccccc2)C(=O)Nc2cc(C)nn2-c2nc(C)cc(C)n2)cc1. The molecule has 0 fully saturated rings. The summed E-state index contributed by atoms with van der Waals surface area (Å²) in [4.78, 5) is 35.2. The summed E-state index contributed by atoms with van der Waals surface area (Å²) in [5.41, 5.74) is 3.41. The number of hydrogen-bond acceptors (Lipinski definition) is 6. The summed E-state index contributed by atoms with van der Waals surface area (Å²) in [7, 11) is 1.58. The lowest BCUT2D eigenvalue weighted by atomic mass is 10.1. The van der Waals surface area contributed by atoms with E-state index in [1.54, 1.807) is 74.7 Å². The van der Waals surface area contributed by atoms with E-state index in [1.807, 2.05) is 26.0 Å².